The first kappa shape index (κ1) is 18.4. The fourth-order valence-corrected chi connectivity index (χ4v) is 3.75. The Bertz CT molecular complexity index is 457. The molecular weight excluding hydrogens is 290 g/mol. The van der Waals surface area contributed by atoms with Crippen molar-refractivity contribution >= 4 is 15.9 Å². The summed E-state index contributed by atoms with van der Waals surface area (Å²) in [6.07, 6.45) is 0.860. The molecule has 0 aliphatic carbocycles. The molecule has 2 N–H and O–H groups in total. The normalized spacial score (nSPS) is 24.8. The summed E-state index contributed by atoms with van der Waals surface area (Å²) in [5.74, 6) is 0.305. The summed E-state index contributed by atoms with van der Waals surface area (Å²) in [5, 5.41) is 5.87. The quantitative estimate of drug-likeness (QED) is 0.769. The zero-order chi connectivity index (χ0) is 16.3. The number of rotatable bonds is 5. The van der Waals surface area contributed by atoms with E-state index in [9.17, 15) is 13.2 Å². The summed E-state index contributed by atoms with van der Waals surface area (Å²) < 4.78 is 26.2. The van der Waals surface area contributed by atoms with Crippen molar-refractivity contribution in [2.24, 2.45) is 11.3 Å². The Hall–Kier alpha value is -0.660. The van der Waals surface area contributed by atoms with Gasteiger partial charge in [0.2, 0.25) is 15.9 Å². The molecule has 6 nitrogen and oxygen atoms in total. The van der Waals surface area contributed by atoms with Gasteiger partial charge >= 0.3 is 0 Å². The minimum Gasteiger partial charge on any atom is -0.355 e. The van der Waals surface area contributed by atoms with E-state index < -0.39 is 15.4 Å². The number of piperidine rings is 1. The smallest absolute Gasteiger partial charge is 0.225 e. The van der Waals surface area contributed by atoms with Crippen molar-refractivity contribution in [3.63, 3.8) is 0 Å². The summed E-state index contributed by atoms with van der Waals surface area (Å²) in [4.78, 5) is 11.7. The highest BCUT2D eigenvalue weighted by molar-refractivity contribution is 7.89. The van der Waals surface area contributed by atoms with Crippen LogP contribution >= 0.6 is 0 Å². The van der Waals surface area contributed by atoms with Gasteiger partial charge in [0, 0.05) is 31.1 Å². The van der Waals surface area contributed by atoms with Gasteiger partial charge in [0.15, 0.2) is 0 Å². The SMILES string of the molecule is CNC1CN(S(=O)(=O)CCNC(=O)C(C)(C)C)CCC1C. The first-order chi connectivity index (χ1) is 9.58. The zero-order valence-corrected chi connectivity index (χ0v) is 14.6. The highest BCUT2D eigenvalue weighted by Gasteiger charge is 2.32. The maximum atomic E-state index is 12.3. The molecule has 1 rings (SSSR count). The van der Waals surface area contributed by atoms with Gasteiger partial charge in [-0.25, -0.2) is 12.7 Å². The molecule has 7 heteroatoms. The Balaban J connectivity index is 2.52. The molecule has 1 aliphatic rings. The van der Waals surface area contributed by atoms with E-state index >= 15 is 0 Å². The van der Waals surface area contributed by atoms with Crippen LogP contribution < -0.4 is 10.6 Å². The molecule has 1 fully saturated rings. The van der Waals surface area contributed by atoms with Gasteiger partial charge in [-0.2, -0.15) is 0 Å². The van der Waals surface area contributed by atoms with Gasteiger partial charge in [-0.05, 0) is 19.4 Å². The van der Waals surface area contributed by atoms with Crippen LogP contribution in [0.15, 0.2) is 0 Å². The highest BCUT2D eigenvalue weighted by atomic mass is 32.2. The van der Waals surface area contributed by atoms with E-state index in [0.29, 0.717) is 19.0 Å². The second-order valence-corrected chi connectivity index (χ2v) is 8.93. The van der Waals surface area contributed by atoms with Crippen LogP contribution in [0.2, 0.25) is 0 Å². The van der Waals surface area contributed by atoms with Gasteiger partial charge < -0.3 is 10.6 Å². The summed E-state index contributed by atoms with van der Waals surface area (Å²) in [7, 11) is -1.45. The van der Waals surface area contributed by atoms with Crippen LogP contribution in [0.5, 0.6) is 0 Å². The van der Waals surface area contributed by atoms with E-state index in [2.05, 4.69) is 17.6 Å². The van der Waals surface area contributed by atoms with Crippen LogP contribution in [-0.4, -0.2) is 57.1 Å². The van der Waals surface area contributed by atoms with Crippen LogP contribution in [0.25, 0.3) is 0 Å². The molecule has 1 aliphatic heterocycles. The predicted molar refractivity (Wildman–Crippen MR) is 84.5 cm³/mol. The molecule has 0 aromatic carbocycles. The lowest BCUT2D eigenvalue weighted by Gasteiger charge is -2.36. The van der Waals surface area contributed by atoms with Gasteiger partial charge in [0.25, 0.3) is 0 Å². The van der Waals surface area contributed by atoms with Crippen LogP contribution in [0.1, 0.15) is 34.1 Å². The number of carbonyl (C=O) groups excluding carboxylic acids is 1. The van der Waals surface area contributed by atoms with Crippen molar-refractivity contribution < 1.29 is 13.2 Å². The standard InChI is InChI=1S/C14H29N3O3S/c1-11-6-8-17(10-12(11)15-5)21(19,20)9-7-16-13(18)14(2,3)4/h11-12,15H,6-10H2,1-5H3,(H,16,18). The molecule has 0 bridgehead atoms. The third-order valence-corrected chi connectivity index (χ3v) is 5.85. The van der Waals surface area contributed by atoms with Crippen molar-refractivity contribution in [2.45, 2.75) is 40.2 Å². The Kier molecular flexibility index (Phi) is 6.19. The Labute approximate surface area is 128 Å². The number of hydrogen-bond acceptors (Lipinski definition) is 4. The zero-order valence-electron chi connectivity index (χ0n) is 13.8. The number of carbonyl (C=O) groups is 1. The number of amides is 1. The van der Waals surface area contributed by atoms with Crippen molar-refractivity contribution in [3.8, 4) is 0 Å². The summed E-state index contributed by atoms with van der Waals surface area (Å²) in [6.45, 7) is 8.78. The Morgan fingerprint density at radius 3 is 2.48 bits per heavy atom. The molecule has 1 amide bonds. The van der Waals surface area contributed by atoms with E-state index in [0.717, 1.165) is 6.42 Å². The Morgan fingerprint density at radius 1 is 1.33 bits per heavy atom. The van der Waals surface area contributed by atoms with E-state index in [1.165, 1.54) is 4.31 Å². The first-order valence-corrected chi connectivity index (χ1v) is 9.12. The molecule has 0 aromatic rings. The molecule has 0 saturated carbocycles. The van der Waals surface area contributed by atoms with Crippen LogP contribution in [0.4, 0.5) is 0 Å². The predicted octanol–water partition coefficient (Wildman–Crippen LogP) is 0.408. The summed E-state index contributed by atoms with van der Waals surface area (Å²) in [5.41, 5.74) is -0.498. The molecular formula is C14H29N3O3S. The number of hydrogen-bond donors (Lipinski definition) is 2. The van der Waals surface area contributed by atoms with Gasteiger partial charge in [0.05, 0.1) is 5.75 Å². The van der Waals surface area contributed by atoms with E-state index in [1.807, 2.05) is 7.05 Å². The van der Waals surface area contributed by atoms with Crippen molar-refractivity contribution in [1.82, 2.24) is 14.9 Å². The largest absolute Gasteiger partial charge is 0.355 e. The maximum Gasteiger partial charge on any atom is 0.225 e. The molecule has 2 atom stereocenters. The maximum absolute atomic E-state index is 12.3. The fraction of sp³-hybridized carbons (Fsp3) is 0.929. The van der Waals surface area contributed by atoms with E-state index in [1.54, 1.807) is 20.8 Å². The van der Waals surface area contributed by atoms with Crippen molar-refractivity contribution in [2.75, 3.05) is 32.4 Å². The Morgan fingerprint density at radius 2 is 1.95 bits per heavy atom. The lowest BCUT2D eigenvalue weighted by atomic mass is 9.95. The minimum atomic E-state index is -3.31. The highest BCUT2D eigenvalue weighted by Crippen LogP contribution is 2.19. The molecule has 1 heterocycles. The third kappa shape index (κ3) is 5.23. The molecule has 2 unspecified atom stereocenters. The molecule has 0 aromatic heterocycles. The van der Waals surface area contributed by atoms with Gasteiger partial charge in [-0.15, -0.1) is 0 Å². The minimum absolute atomic E-state index is 0.0420. The summed E-state index contributed by atoms with van der Waals surface area (Å²) >= 11 is 0. The summed E-state index contributed by atoms with van der Waals surface area (Å²) in [6, 6.07) is 0.192. The van der Waals surface area contributed by atoms with Crippen molar-refractivity contribution in [1.29, 1.82) is 0 Å². The van der Waals surface area contributed by atoms with Gasteiger partial charge in [0.1, 0.15) is 0 Å². The number of sulfonamides is 1. The number of nitrogens with one attached hydrogen (secondary N) is 2. The van der Waals surface area contributed by atoms with Crippen LogP contribution in [0.3, 0.4) is 0 Å². The number of nitrogens with zero attached hydrogens (tertiary/aromatic N) is 1. The molecule has 0 radical (unpaired) electrons. The topological polar surface area (TPSA) is 78.5 Å². The lowest BCUT2D eigenvalue weighted by molar-refractivity contribution is -0.128. The van der Waals surface area contributed by atoms with Crippen LogP contribution in [-0.2, 0) is 14.8 Å². The first-order valence-electron chi connectivity index (χ1n) is 7.51. The van der Waals surface area contributed by atoms with Crippen LogP contribution in [0, 0.1) is 11.3 Å². The molecule has 21 heavy (non-hydrogen) atoms. The van der Waals surface area contributed by atoms with Gasteiger partial charge in [-0.1, -0.05) is 27.7 Å². The number of likely N-dealkylation sites (N-methyl/N-ethyl adjacent to an activating group) is 1. The molecule has 1 saturated heterocycles. The second-order valence-electron chi connectivity index (χ2n) is 6.84. The second kappa shape index (κ2) is 7.07. The lowest BCUT2D eigenvalue weighted by Crippen LogP contribution is -2.52. The van der Waals surface area contributed by atoms with Crippen molar-refractivity contribution in [3.05, 3.63) is 0 Å². The van der Waals surface area contributed by atoms with E-state index in [4.69, 9.17) is 0 Å². The average molecular weight is 319 g/mol. The average Bonchev–Trinajstić information content (AvgIpc) is 2.37. The van der Waals surface area contributed by atoms with E-state index in [-0.39, 0.29) is 24.2 Å². The van der Waals surface area contributed by atoms with Gasteiger partial charge in [-0.3, -0.25) is 4.79 Å². The fourth-order valence-electron chi connectivity index (χ4n) is 2.36. The molecule has 124 valence electrons. The monoisotopic (exact) mass is 319 g/mol. The third-order valence-electron chi connectivity index (χ3n) is 4.01. The molecule has 0 spiro atoms.